The van der Waals surface area contributed by atoms with E-state index >= 15 is 0 Å². The van der Waals surface area contributed by atoms with Gasteiger partial charge in [-0.25, -0.2) is 12.2 Å². The average molecular weight is 352 g/mol. The van der Waals surface area contributed by atoms with Gasteiger partial charge in [-0.1, -0.05) is 50.6 Å². The average Bonchev–Trinajstić information content (AvgIpc) is 3.11. The summed E-state index contributed by atoms with van der Waals surface area (Å²) >= 11 is 0. The van der Waals surface area contributed by atoms with Crippen LogP contribution in [0.4, 0.5) is 0 Å². The number of rotatable bonds is 0. The minimum absolute atomic E-state index is 0. The molecule has 1 aliphatic carbocycles. The van der Waals surface area contributed by atoms with Crippen molar-refractivity contribution >= 4 is 13.6 Å². The van der Waals surface area contributed by atoms with E-state index in [0.29, 0.717) is 0 Å². The summed E-state index contributed by atoms with van der Waals surface area (Å²) in [5, 5.41) is 0. The molecule has 0 aromatic heterocycles. The molecular weight excluding hydrogens is 328 g/mol. The smallest absolute Gasteiger partial charge is 0.307 e. The number of carbonyl (C=O) groups is 2. The molecule has 0 saturated heterocycles. The van der Waals surface area contributed by atoms with Gasteiger partial charge in [-0.15, -0.1) is 6.42 Å². The van der Waals surface area contributed by atoms with Gasteiger partial charge in [-0.3, -0.25) is 17.9 Å². The minimum atomic E-state index is 0. The summed E-state index contributed by atoms with van der Waals surface area (Å²) in [7, 11) is 0. The van der Waals surface area contributed by atoms with Crippen molar-refractivity contribution in [1.82, 2.24) is 0 Å². The van der Waals surface area contributed by atoms with Crippen molar-refractivity contribution in [3.8, 4) is 11.8 Å². The molecule has 2 rings (SSSR count). The molecular formula is C20H24FeO2. The van der Waals surface area contributed by atoms with E-state index in [0.717, 1.165) is 12.0 Å². The molecule has 1 aromatic carbocycles. The van der Waals surface area contributed by atoms with E-state index in [4.69, 9.17) is 9.59 Å². The van der Waals surface area contributed by atoms with Gasteiger partial charge in [-0.2, -0.15) is 13.0 Å². The Kier molecular flexibility index (Phi) is 18.4. The normalized spacial score (nSPS) is 10.0. The first kappa shape index (κ1) is 25.9. The Bertz CT molecular complexity index is 499. The fourth-order valence-electron chi connectivity index (χ4n) is 1.50. The molecule has 0 aliphatic heterocycles. The van der Waals surface area contributed by atoms with Gasteiger partial charge in [0.2, 0.25) is 0 Å². The fourth-order valence-corrected chi connectivity index (χ4v) is 1.50. The van der Waals surface area contributed by atoms with E-state index in [1.54, 1.807) is 0 Å². The van der Waals surface area contributed by atoms with Crippen molar-refractivity contribution in [2.24, 2.45) is 0 Å². The molecule has 23 heavy (non-hydrogen) atoms. The molecule has 0 bridgehead atoms. The molecule has 0 unspecified atom stereocenters. The van der Waals surface area contributed by atoms with Crippen LogP contribution in [0.2, 0.25) is 0 Å². The number of carbonyl (C=O) groups excluding carboxylic acids is 2. The van der Waals surface area contributed by atoms with Crippen LogP contribution >= 0.6 is 0 Å². The van der Waals surface area contributed by atoms with Crippen molar-refractivity contribution in [1.29, 1.82) is 0 Å². The minimum Gasteiger partial charge on any atom is -0.307 e. The van der Waals surface area contributed by atoms with E-state index in [1.165, 1.54) is 5.56 Å². The van der Waals surface area contributed by atoms with Crippen molar-refractivity contribution in [3.05, 3.63) is 66.6 Å². The van der Waals surface area contributed by atoms with Crippen LogP contribution in [0.15, 0.2) is 42.5 Å². The Morgan fingerprint density at radius 1 is 1.09 bits per heavy atom. The molecule has 1 aromatic rings. The summed E-state index contributed by atoms with van der Waals surface area (Å²) in [5.41, 5.74) is 2.58. The third-order valence-corrected chi connectivity index (χ3v) is 2.57. The van der Waals surface area contributed by atoms with E-state index < -0.39 is 0 Å². The van der Waals surface area contributed by atoms with Gasteiger partial charge in [0.25, 0.3) is 0 Å². The summed E-state index contributed by atoms with van der Waals surface area (Å²) in [6, 6.07) is 8.33. The molecule has 0 radical (unpaired) electrons. The number of hydrogen-bond acceptors (Lipinski definition) is 2. The second kappa shape index (κ2) is 16.4. The molecule has 3 heteroatoms. The number of benzene rings is 1. The zero-order valence-electron chi connectivity index (χ0n) is 14.0. The first-order chi connectivity index (χ1) is 10.5. The molecule has 0 saturated carbocycles. The zero-order valence-corrected chi connectivity index (χ0v) is 15.1. The standard InChI is InChI=1S/C13H15.C5H5.2CH2O.Fe/c1-5-6-11-7-9-12(10-8-11)13(2,3)4;1-2-4-5-3-1;2*1-2;/h7-10H,1H2,2-4H3;1-3H,4H2;2*1H2;/q2*-1;;;+2. The number of allylic oxidation sites excluding steroid dienone is 4. The number of hydrogen-bond donors (Lipinski definition) is 0. The Balaban J connectivity index is -0.000000335. The third-order valence-electron chi connectivity index (χ3n) is 2.57. The van der Waals surface area contributed by atoms with Crippen molar-refractivity contribution in [3.63, 3.8) is 0 Å². The van der Waals surface area contributed by atoms with Gasteiger partial charge in [0.05, 0.1) is 0 Å². The van der Waals surface area contributed by atoms with E-state index in [-0.39, 0.29) is 22.5 Å². The fraction of sp³-hybridized carbons (Fsp3) is 0.250. The maximum absolute atomic E-state index is 8.00. The van der Waals surface area contributed by atoms with Gasteiger partial charge in [-0.05, 0) is 11.0 Å². The van der Waals surface area contributed by atoms with Crippen LogP contribution in [0.1, 0.15) is 38.3 Å². The largest absolute Gasteiger partial charge is 2.00 e. The van der Waals surface area contributed by atoms with Crippen molar-refractivity contribution < 1.29 is 26.7 Å². The quantitative estimate of drug-likeness (QED) is 0.400. The molecule has 124 valence electrons. The van der Waals surface area contributed by atoms with Crippen molar-refractivity contribution in [2.45, 2.75) is 32.6 Å². The Labute approximate surface area is 151 Å². The van der Waals surface area contributed by atoms with Crippen LogP contribution in [-0.4, -0.2) is 13.6 Å². The Morgan fingerprint density at radius 3 is 1.87 bits per heavy atom. The summed E-state index contributed by atoms with van der Waals surface area (Å²) in [6.45, 7) is 14.1. The van der Waals surface area contributed by atoms with Crippen LogP contribution in [0.25, 0.3) is 0 Å². The summed E-state index contributed by atoms with van der Waals surface area (Å²) < 4.78 is 0. The molecule has 0 spiro atoms. The molecule has 0 heterocycles. The molecule has 0 atom stereocenters. The first-order valence-corrected chi connectivity index (χ1v) is 6.72. The van der Waals surface area contributed by atoms with E-state index in [1.807, 2.05) is 37.9 Å². The maximum atomic E-state index is 8.00. The predicted octanol–water partition coefficient (Wildman–Crippen LogP) is 4.10. The maximum Gasteiger partial charge on any atom is 2.00 e. The van der Waals surface area contributed by atoms with Crippen molar-refractivity contribution in [2.75, 3.05) is 0 Å². The molecule has 0 amide bonds. The molecule has 2 nitrogen and oxygen atoms in total. The predicted molar refractivity (Wildman–Crippen MR) is 93.2 cm³/mol. The monoisotopic (exact) mass is 352 g/mol. The third kappa shape index (κ3) is 13.4. The molecule has 1 aliphatic rings. The molecule has 0 N–H and O–H groups in total. The SMILES string of the molecule is C=O.C=O.[C-]1=CC=CC1.[CH2-]C#Cc1ccc(C(C)(C)C)cc1.[Fe+2]. The van der Waals surface area contributed by atoms with Gasteiger partial charge < -0.3 is 9.59 Å². The zero-order chi connectivity index (χ0) is 17.4. The van der Waals surface area contributed by atoms with Gasteiger partial charge in [0.1, 0.15) is 13.6 Å². The topological polar surface area (TPSA) is 34.1 Å². The first-order valence-electron chi connectivity index (χ1n) is 6.72. The molecule has 0 fully saturated rings. The second-order valence-corrected chi connectivity index (χ2v) is 5.13. The van der Waals surface area contributed by atoms with Crippen LogP contribution in [0.3, 0.4) is 0 Å². The van der Waals surface area contributed by atoms with E-state index in [9.17, 15) is 0 Å². The summed E-state index contributed by atoms with van der Waals surface area (Å²) in [4.78, 5) is 16.0. The van der Waals surface area contributed by atoms with Crippen LogP contribution in [0, 0.1) is 24.8 Å². The van der Waals surface area contributed by atoms with Crippen LogP contribution < -0.4 is 0 Å². The van der Waals surface area contributed by atoms with Gasteiger partial charge >= 0.3 is 17.1 Å². The van der Waals surface area contributed by atoms with E-state index in [2.05, 4.69) is 63.8 Å². The summed E-state index contributed by atoms with van der Waals surface area (Å²) in [5.74, 6) is 5.57. The Morgan fingerprint density at radius 2 is 1.61 bits per heavy atom. The summed E-state index contributed by atoms with van der Waals surface area (Å²) in [6.07, 6.45) is 10.0. The van der Waals surface area contributed by atoms with Crippen LogP contribution in [-0.2, 0) is 32.1 Å². The van der Waals surface area contributed by atoms with Crippen LogP contribution in [0.5, 0.6) is 0 Å². The second-order valence-electron chi connectivity index (χ2n) is 5.13. The van der Waals surface area contributed by atoms with Gasteiger partial charge in [0.15, 0.2) is 0 Å². The van der Waals surface area contributed by atoms with Gasteiger partial charge in [0, 0.05) is 0 Å². The Hall–Kier alpha value is -2.01.